The molecule has 3 rings (SSSR count). The number of amides is 1. The molecule has 6 heteroatoms. The van der Waals surface area contributed by atoms with Gasteiger partial charge in [-0.1, -0.05) is 35.9 Å². The van der Waals surface area contributed by atoms with Gasteiger partial charge in [0.15, 0.2) is 0 Å². The quantitative estimate of drug-likeness (QED) is 0.668. The second-order valence-corrected chi connectivity index (χ2v) is 6.48. The Bertz CT molecular complexity index is 904. The van der Waals surface area contributed by atoms with Crippen molar-refractivity contribution in [2.24, 2.45) is 5.73 Å². The van der Waals surface area contributed by atoms with E-state index in [0.29, 0.717) is 34.8 Å². The predicted octanol–water partition coefficient (Wildman–Crippen LogP) is 3.55. The standard InChI is InChI=1S/C20H20ClN3O2/c1-26-16-8-5-13(6-9-16)7-10-17-19(20(22)25)18(24-23-17)12-14-3-2-4-15(21)11-14/h2-6,8-9,11H,7,10,12H2,1H3,(H2,22,25)(H,23,24). The van der Waals surface area contributed by atoms with Gasteiger partial charge in [0.25, 0.3) is 5.91 Å². The monoisotopic (exact) mass is 369 g/mol. The first-order valence-electron chi connectivity index (χ1n) is 8.30. The Hall–Kier alpha value is -2.79. The lowest BCUT2D eigenvalue weighted by Crippen LogP contribution is -2.15. The molecule has 0 spiro atoms. The number of H-pyrrole nitrogens is 1. The zero-order valence-electron chi connectivity index (χ0n) is 14.5. The summed E-state index contributed by atoms with van der Waals surface area (Å²) in [5.41, 5.74) is 9.61. The van der Waals surface area contributed by atoms with Gasteiger partial charge in [-0.2, -0.15) is 5.10 Å². The molecule has 0 aliphatic rings. The maximum absolute atomic E-state index is 12.0. The number of nitrogens with two attached hydrogens (primary N) is 1. The van der Waals surface area contributed by atoms with Crippen LogP contribution in [0.2, 0.25) is 5.02 Å². The lowest BCUT2D eigenvalue weighted by molar-refractivity contribution is 0.0998. The van der Waals surface area contributed by atoms with Crippen molar-refractivity contribution in [3.05, 3.63) is 81.6 Å². The SMILES string of the molecule is COc1ccc(CCc2n[nH]c(Cc3cccc(Cl)c3)c2C(N)=O)cc1. The van der Waals surface area contributed by atoms with Crippen LogP contribution in [0.5, 0.6) is 5.75 Å². The smallest absolute Gasteiger partial charge is 0.252 e. The number of hydrogen-bond donors (Lipinski definition) is 2. The van der Waals surface area contributed by atoms with Gasteiger partial charge in [-0.25, -0.2) is 0 Å². The zero-order valence-corrected chi connectivity index (χ0v) is 15.2. The number of aryl methyl sites for hydroxylation is 2. The molecule has 0 saturated carbocycles. The number of carbonyl (C=O) groups excluding carboxylic acids is 1. The highest BCUT2D eigenvalue weighted by atomic mass is 35.5. The number of hydrogen-bond acceptors (Lipinski definition) is 3. The first-order chi connectivity index (χ1) is 12.6. The maximum atomic E-state index is 12.0. The number of benzene rings is 2. The van der Waals surface area contributed by atoms with Crippen LogP contribution in [-0.2, 0) is 19.3 Å². The number of carbonyl (C=O) groups is 1. The molecule has 0 atom stereocenters. The molecule has 134 valence electrons. The molecule has 2 aromatic carbocycles. The molecule has 0 radical (unpaired) electrons. The summed E-state index contributed by atoms with van der Waals surface area (Å²) in [6, 6.07) is 15.3. The van der Waals surface area contributed by atoms with Crippen molar-refractivity contribution in [1.82, 2.24) is 10.2 Å². The predicted molar refractivity (Wildman–Crippen MR) is 102 cm³/mol. The van der Waals surface area contributed by atoms with Crippen LogP contribution in [0.15, 0.2) is 48.5 Å². The van der Waals surface area contributed by atoms with Gasteiger partial charge in [-0.3, -0.25) is 9.89 Å². The van der Waals surface area contributed by atoms with E-state index in [1.807, 2.05) is 48.5 Å². The second-order valence-electron chi connectivity index (χ2n) is 6.04. The molecule has 0 aliphatic heterocycles. The van der Waals surface area contributed by atoms with Gasteiger partial charge in [0, 0.05) is 11.4 Å². The third kappa shape index (κ3) is 4.24. The molecule has 0 saturated heterocycles. The number of methoxy groups -OCH3 is 1. The Morgan fingerprint density at radius 3 is 2.58 bits per heavy atom. The van der Waals surface area contributed by atoms with E-state index >= 15 is 0 Å². The second kappa shape index (κ2) is 8.06. The molecule has 3 N–H and O–H groups in total. The van der Waals surface area contributed by atoms with E-state index < -0.39 is 5.91 Å². The summed E-state index contributed by atoms with van der Waals surface area (Å²) in [6.07, 6.45) is 1.90. The molecule has 0 fully saturated rings. The number of nitrogens with one attached hydrogen (secondary N) is 1. The average Bonchev–Trinajstić information content (AvgIpc) is 3.03. The van der Waals surface area contributed by atoms with Gasteiger partial charge < -0.3 is 10.5 Å². The van der Waals surface area contributed by atoms with E-state index in [1.54, 1.807) is 7.11 Å². The van der Waals surface area contributed by atoms with E-state index in [1.165, 1.54) is 0 Å². The normalized spacial score (nSPS) is 10.7. The first kappa shape index (κ1) is 18.0. The molecule has 3 aromatic rings. The van der Waals surface area contributed by atoms with Gasteiger partial charge in [0.05, 0.1) is 24.1 Å². The van der Waals surface area contributed by atoms with Crippen molar-refractivity contribution < 1.29 is 9.53 Å². The zero-order chi connectivity index (χ0) is 18.5. The third-order valence-corrected chi connectivity index (χ3v) is 4.48. The third-order valence-electron chi connectivity index (χ3n) is 4.24. The summed E-state index contributed by atoms with van der Waals surface area (Å²) in [6.45, 7) is 0. The summed E-state index contributed by atoms with van der Waals surface area (Å²) in [5.74, 6) is 0.343. The molecule has 1 amide bonds. The fourth-order valence-electron chi connectivity index (χ4n) is 2.93. The van der Waals surface area contributed by atoms with E-state index in [2.05, 4.69) is 10.2 Å². The minimum atomic E-state index is -0.472. The summed E-state index contributed by atoms with van der Waals surface area (Å²) in [5, 5.41) is 7.94. The summed E-state index contributed by atoms with van der Waals surface area (Å²) in [7, 11) is 1.64. The van der Waals surface area contributed by atoms with Gasteiger partial charge in [0.2, 0.25) is 0 Å². The van der Waals surface area contributed by atoms with Crippen molar-refractivity contribution in [2.75, 3.05) is 7.11 Å². The van der Waals surface area contributed by atoms with E-state index in [9.17, 15) is 4.79 Å². The number of rotatable bonds is 7. The van der Waals surface area contributed by atoms with Crippen LogP contribution in [0.4, 0.5) is 0 Å². The summed E-state index contributed by atoms with van der Waals surface area (Å²) in [4.78, 5) is 12.0. The van der Waals surface area contributed by atoms with Crippen LogP contribution in [-0.4, -0.2) is 23.2 Å². The first-order valence-corrected chi connectivity index (χ1v) is 8.68. The largest absolute Gasteiger partial charge is 0.497 e. The molecule has 5 nitrogen and oxygen atoms in total. The van der Waals surface area contributed by atoms with Crippen molar-refractivity contribution in [1.29, 1.82) is 0 Å². The van der Waals surface area contributed by atoms with Crippen LogP contribution in [0.25, 0.3) is 0 Å². The van der Waals surface area contributed by atoms with Crippen LogP contribution < -0.4 is 10.5 Å². The Morgan fingerprint density at radius 2 is 1.92 bits per heavy atom. The fraction of sp³-hybridized carbons (Fsp3) is 0.200. The lowest BCUT2D eigenvalue weighted by Gasteiger charge is -2.05. The van der Waals surface area contributed by atoms with Gasteiger partial charge in [0.1, 0.15) is 5.75 Å². The highest BCUT2D eigenvalue weighted by Crippen LogP contribution is 2.20. The van der Waals surface area contributed by atoms with Crippen LogP contribution in [0.3, 0.4) is 0 Å². The summed E-state index contributed by atoms with van der Waals surface area (Å²) < 4.78 is 5.16. The maximum Gasteiger partial charge on any atom is 0.252 e. The molecule has 1 heterocycles. The number of aromatic amines is 1. The van der Waals surface area contributed by atoms with Gasteiger partial charge in [-0.05, 0) is 48.2 Å². The van der Waals surface area contributed by atoms with E-state index in [-0.39, 0.29) is 0 Å². The highest BCUT2D eigenvalue weighted by Gasteiger charge is 2.18. The highest BCUT2D eigenvalue weighted by molar-refractivity contribution is 6.30. The Morgan fingerprint density at radius 1 is 1.15 bits per heavy atom. The Labute approximate surface area is 157 Å². The number of primary amides is 1. The van der Waals surface area contributed by atoms with Gasteiger partial charge >= 0.3 is 0 Å². The number of nitrogens with zero attached hydrogens (tertiary/aromatic N) is 1. The summed E-state index contributed by atoms with van der Waals surface area (Å²) >= 11 is 6.03. The molecule has 26 heavy (non-hydrogen) atoms. The Balaban J connectivity index is 1.77. The van der Waals surface area contributed by atoms with Crippen molar-refractivity contribution in [2.45, 2.75) is 19.3 Å². The topological polar surface area (TPSA) is 81.0 Å². The molecule has 0 unspecified atom stereocenters. The molecule has 0 aliphatic carbocycles. The van der Waals surface area contributed by atoms with Gasteiger partial charge in [-0.15, -0.1) is 0 Å². The minimum Gasteiger partial charge on any atom is -0.497 e. The average molecular weight is 370 g/mol. The minimum absolute atomic E-state index is 0.471. The van der Waals surface area contributed by atoms with E-state index in [4.69, 9.17) is 22.1 Å². The number of halogens is 1. The van der Waals surface area contributed by atoms with Crippen molar-refractivity contribution >= 4 is 17.5 Å². The molecule has 1 aromatic heterocycles. The molecule has 0 bridgehead atoms. The van der Waals surface area contributed by atoms with E-state index in [0.717, 1.165) is 23.3 Å². The molecular weight excluding hydrogens is 350 g/mol. The van der Waals surface area contributed by atoms with Crippen LogP contribution >= 0.6 is 11.6 Å². The Kier molecular flexibility index (Phi) is 5.58. The van der Waals surface area contributed by atoms with Crippen LogP contribution in [0.1, 0.15) is 32.9 Å². The van der Waals surface area contributed by atoms with Crippen molar-refractivity contribution in [3.63, 3.8) is 0 Å². The van der Waals surface area contributed by atoms with Crippen LogP contribution in [0, 0.1) is 0 Å². The number of aromatic nitrogens is 2. The number of ether oxygens (including phenoxy) is 1. The van der Waals surface area contributed by atoms with Crippen molar-refractivity contribution in [3.8, 4) is 5.75 Å². The molecular formula is C20H20ClN3O2. The fourth-order valence-corrected chi connectivity index (χ4v) is 3.14. The lowest BCUT2D eigenvalue weighted by atomic mass is 10.0.